The van der Waals surface area contributed by atoms with Gasteiger partial charge in [-0.15, -0.1) is 11.3 Å². The topological polar surface area (TPSA) is 6.48 Å². The van der Waals surface area contributed by atoms with Crippen molar-refractivity contribution in [2.75, 3.05) is 9.80 Å². The number of hydrogen-bond acceptors (Lipinski definition) is 3. The first-order chi connectivity index (χ1) is 29.5. The molecule has 3 heterocycles. The largest absolute Gasteiger partial charge is 0.311 e. The van der Waals surface area contributed by atoms with Crippen LogP contribution in [-0.2, 0) is 32.5 Å². The van der Waals surface area contributed by atoms with Crippen LogP contribution in [0.15, 0.2) is 91.0 Å². The van der Waals surface area contributed by atoms with Crippen LogP contribution in [0.2, 0.25) is 0 Å². The van der Waals surface area contributed by atoms with Gasteiger partial charge >= 0.3 is 0 Å². The van der Waals surface area contributed by atoms with Gasteiger partial charge in [0.2, 0.25) is 0 Å². The van der Waals surface area contributed by atoms with Gasteiger partial charge in [0.1, 0.15) is 0 Å². The summed E-state index contributed by atoms with van der Waals surface area (Å²) < 4.78 is 2.86. The molecule has 0 spiro atoms. The van der Waals surface area contributed by atoms with Crippen molar-refractivity contribution in [1.29, 1.82) is 0 Å². The Morgan fingerprint density at radius 2 is 1.11 bits per heavy atom. The number of hydrogen-bond donors (Lipinski definition) is 0. The zero-order valence-corrected chi connectivity index (χ0v) is 41.4. The molecular formula is C59H69BN2S. The van der Waals surface area contributed by atoms with Gasteiger partial charge in [0.25, 0.3) is 6.71 Å². The molecule has 0 radical (unpaired) electrons. The van der Waals surface area contributed by atoms with Crippen molar-refractivity contribution >= 4 is 78.0 Å². The first kappa shape index (κ1) is 41.4. The van der Waals surface area contributed by atoms with Crippen molar-refractivity contribution in [3.8, 4) is 0 Å². The molecule has 2 bridgehead atoms. The zero-order chi connectivity index (χ0) is 44.4. The fourth-order valence-corrected chi connectivity index (χ4v) is 14.5. The summed E-state index contributed by atoms with van der Waals surface area (Å²) in [5, 5.41) is 1.39. The van der Waals surface area contributed by atoms with E-state index in [0.717, 1.165) is 12.3 Å². The molecule has 1 aromatic heterocycles. The molecule has 6 aliphatic rings. The van der Waals surface area contributed by atoms with E-state index in [0.29, 0.717) is 0 Å². The molecule has 4 heteroatoms. The second-order valence-electron chi connectivity index (χ2n) is 25.1. The molecule has 2 aliphatic heterocycles. The minimum Gasteiger partial charge on any atom is -0.311 e. The first-order valence-electron chi connectivity index (χ1n) is 24.3. The second-order valence-corrected chi connectivity index (χ2v) is 26.1. The monoisotopic (exact) mass is 849 g/mol. The molecule has 0 unspecified atom stereocenters. The van der Waals surface area contributed by atoms with Crippen LogP contribution in [0.3, 0.4) is 0 Å². The molecule has 0 saturated heterocycles. The number of benzene rings is 5. The molecule has 12 rings (SSSR count). The van der Waals surface area contributed by atoms with Gasteiger partial charge in [0, 0.05) is 43.3 Å². The van der Waals surface area contributed by atoms with Crippen molar-refractivity contribution in [3.05, 3.63) is 124 Å². The van der Waals surface area contributed by atoms with Gasteiger partial charge in [-0.25, -0.2) is 0 Å². The lowest BCUT2D eigenvalue weighted by atomic mass is 9.35. The van der Waals surface area contributed by atoms with Crippen LogP contribution in [0.1, 0.15) is 168 Å². The van der Waals surface area contributed by atoms with Gasteiger partial charge in [-0.2, -0.15) is 0 Å². The maximum absolute atomic E-state index is 2.78. The summed E-state index contributed by atoms with van der Waals surface area (Å²) >= 11 is 2.04. The number of rotatable bonds is 3. The predicted octanol–water partition coefficient (Wildman–Crippen LogP) is 15.1. The third-order valence-electron chi connectivity index (χ3n) is 16.7. The summed E-state index contributed by atoms with van der Waals surface area (Å²) in [4.78, 5) is 5.46. The van der Waals surface area contributed by atoms with E-state index < -0.39 is 0 Å². The number of nitrogens with zero attached hydrogens (tertiary/aromatic N) is 2. The highest BCUT2D eigenvalue weighted by Gasteiger charge is 2.49. The average molecular weight is 849 g/mol. The van der Waals surface area contributed by atoms with Crippen LogP contribution in [0.4, 0.5) is 34.1 Å². The molecular weight excluding hydrogens is 780 g/mol. The highest BCUT2D eigenvalue weighted by atomic mass is 32.1. The fraction of sp³-hybridized carbons (Fsp3) is 0.458. The Balaban J connectivity index is 1.27. The van der Waals surface area contributed by atoms with E-state index >= 15 is 0 Å². The first-order valence-corrected chi connectivity index (χ1v) is 25.1. The molecule has 3 fully saturated rings. The highest BCUT2D eigenvalue weighted by Crippen LogP contribution is 2.57. The van der Waals surface area contributed by atoms with Crippen molar-refractivity contribution in [3.63, 3.8) is 0 Å². The Labute approximate surface area is 383 Å². The van der Waals surface area contributed by atoms with Gasteiger partial charge in [0.05, 0.1) is 5.69 Å². The standard InChI is InChI=1S/C59H69BN2S/c1-54(2,3)37-14-18-41(19-15-37)61-47-22-16-39(56(7,8)9)31-46(47)60-51-48(61)32-40(59-27-24-36(25-28-59)26-29-59)33-49(51)62(42-20-21-44-45(34-42)58(12,13)35-57(44,10)11)52-43-30-38(55(4,5)6)17-23-50(43)63-53(52)60/h14-23,30-34,36H,24-29,35H2,1-13H3. The Bertz CT molecular complexity index is 2830. The summed E-state index contributed by atoms with van der Waals surface area (Å²) in [6.45, 7) is 31.2. The Kier molecular flexibility index (Phi) is 8.81. The SMILES string of the molecule is CC(C)(C)c1ccc(N2c3ccc(C(C)(C)C)cc3B3c4sc5ccc(C(C)(C)C)cc5c4N(c4ccc5c(c4)C(C)(C)CC5(C)C)c4cc(C56CCC(CC5)CC6)cc2c43)cc1. The van der Waals surface area contributed by atoms with Crippen molar-refractivity contribution in [2.45, 2.75) is 167 Å². The van der Waals surface area contributed by atoms with Gasteiger partial charge in [-0.1, -0.05) is 126 Å². The van der Waals surface area contributed by atoms with Crippen LogP contribution in [0, 0.1) is 5.92 Å². The molecule has 0 N–H and O–H groups in total. The summed E-state index contributed by atoms with van der Waals surface area (Å²) in [5.74, 6) is 0.904. The van der Waals surface area contributed by atoms with Crippen LogP contribution >= 0.6 is 11.3 Å². The predicted molar refractivity (Wildman–Crippen MR) is 275 cm³/mol. The van der Waals surface area contributed by atoms with Crippen LogP contribution in [0.5, 0.6) is 0 Å². The maximum Gasteiger partial charge on any atom is 0.264 e. The van der Waals surface area contributed by atoms with Crippen molar-refractivity contribution in [2.24, 2.45) is 5.92 Å². The van der Waals surface area contributed by atoms with Gasteiger partial charge in [-0.05, 0) is 182 Å². The zero-order valence-electron chi connectivity index (χ0n) is 40.6. The minimum absolute atomic E-state index is 0.0104. The molecule has 5 aromatic carbocycles. The van der Waals surface area contributed by atoms with E-state index in [1.165, 1.54) is 126 Å². The van der Waals surface area contributed by atoms with Crippen molar-refractivity contribution in [1.82, 2.24) is 0 Å². The number of fused-ring (bicyclic) bond motifs is 10. The van der Waals surface area contributed by atoms with Crippen molar-refractivity contribution < 1.29 is 0 Å². The van der Waals surface area contributed by atoms with E-state index in [1.807, 2.05) is 11.3 Å². The number of anilines is 6. The third-order valence-corrected chi connectivity index (χ3v) is 17.9. The summed E-state index contributed by atoms with van der Waals surface area (Å²) in [7, 11) is 0. The summed E-state index contributed by atoms with van der Waals surface area (Å²) in [5.41, 5.74) is 20.3. The minimum atomic E-state index is 0.0104. The Morgan fingerprint density at radius 3 is 1.75 bits per heavy atom. The summed E-state index contributed by atoms with van der Waals surface area (Å²) in [6, 6.07) is 37.6. The van der Waals surface area contributed by atoms with E-state index in [4.69, 9.17) is 0 Å². The van der Waals surface area contributed by atoms with Gasteiger partial charge in [-0.3, -0.25) is 0 Å². The molecule has 4 aliphatic carbocycles. The van der Waals surface area contributed by atoms with Crippen LogP contribution in [-0.4, -0.2) is 6.71 Å². The molecule has 2 nitrogen and oxygen atoms in total. The highest BCUT2D eigenvalue weighted by molar-refractivity contribution is 7.33. The molecule has 3 saturated carbocycles. The molecule has 0 amide bonds. The quantitative estimate of drug-likeness (QED) is 0.163. The van der Waals surface area contributed by atoms with Crippen LogP contribution < -0.4 is 25.5 Å². The van der Waals surface area contributed by atoms with E-state index in [-0.39, 0.29) is 39.2 Å². The molecule has 324 valence electrons. The Morgan fingerprint density at radius 1 is 0.556 bits per heavy atom. The lowest BCUT2D eigenvalue weighted by Gasteiger charge is -2.49. The smallest absolute Gasteiger partial charge is 0.264 e. The van der Waals surface area contributed by atoms with Gasteiger partial charge < -0.3 is 9.80 Å². The number of thiophene rings is 1. The molecule has 0 atom stereocenters. The lowest BCUT2D eigenvalue weighted by Crippen LogP contribution is -2.60. The van der Waals surface area contributed by atoms with Crippen LogP contribution in [0.25, 0.3) is 10.1 Å². The second kappa shape index (κ2) is 13.4. The van der Waals surface area contributed by atoms with E-state index in [1.54, 1.807) is 5.56 Å². The normalized spacial score (nSPS) is 22.0. The van der Waals surface area contributed by atoms with E-state index in [9.17, 15) is 0 Å². The lowest BCUT2D eigenvalue weighted by molar-refractivity contribution is 0.136. The fourth-order valence-electron chi connectivity index (χ4n) is 13.2. The molecule has 6 aromatic rings. The van der Waals surface area contributed by atoms with Gasteiger partial charge in [0.15, 0.2) is 0 Å². The van der Waals surface area contributed by atoms with E-state index in [2.05, 4.69) is 191 Å². The Hall–Kier alpha value is -4.28. The summed E-state index contributed by atoms with van der Waals surface area (Å²) in [6.07, 6.45) is 9.14. The average Bonchev–Trinajstić information content (AvgIpc) is 3.69. The third kappa shape index (κ3) is 6.30. The molecule has 63 heavy (non-hydrogen) atoms. The maximum atomic E-state index is 2.78.